The van der Waals surface area contributed by atoms with Gasteiger partial charge in [-0.15, -0.1) is 0 Å². The molecule has 1 atom stereocenters. The van der Waals surface area contributed by atoms with Crippen molar-refractivity contribution in [2.75, 3.05) is 9.80 Å². The third-order valence-corrected chi connectivity index (χ3v) is 7.02. The highest BCUT2D eigenvalue weighted by atomic mass is 15.2. The maximum absolute atomic E-state index is 2.32. The number of para-hydroxylation sites is 2. The van der Waals surface area contributed by atoms with Gasteiger partial charge in [-0.05, 0) is 97.6 Å². The van der Waals surface area contributed by atoms with Crippen molar-refractivity contribution >= 4 is 34.1 Å². The van der Waals surface area contributed by atoms with Crippen LogP contribution >= 0.6 is 0 Å². The first-order chi connectivity index (χ1) is 18.1. The molecule has 5 aromatic rings. The molecule has 0 saturated carbocycles. The summed E-state index contributed by atoms with van der Waals surface area (Å²) in [7, 11) is 0. The molecule has 0 heterocycles. The normalized spacial score (nSPS) is 11.6. The number of aryl methyl sites for hydroxylation is 1. The zero-order chi connectivity index (χ0) is 25.6. The van der Waals surface area contributed by atoms with E-state index >= 15 is 0 Å². The third-order valence-electron chi connectivity index (χ3n) is 7.02. The van der Waals surface area contributed by atoms with Crippen LogP contribution in [-0.4, -0.2) is 0 Å². The number of anilines is 6. The summed E-state index contributed by atoms with van der Waals surface area (Å²) in [5, 5.41) is 0. The fourth-order valence-corrected chi connectivity index (χ4v) is 4.68. The van der Waals surface area contributed by atoms with Gasteiger partial charge in [0, 0.05) is 34.1 Å². The molecular weight excluding hydrogens is 448 g/mol. The van der Waals surface area contributed by atoms with Crippen molar-refractivity contribution in [1.82, 2.24) is 0 Å². The van der Waals surface area contributed by atoms with Gasteiger partial charge in [0.15, 0.2) is 0 Å². The van der Waals surface area contributed by atoms with Gasteiger partial charge < -0.3 is 9.80 Å². The summed E-state index contributed by atoms with van der Waals surface area (Å²) in [6.45, 7) is 6.65. The summed E-state index contributed by atoms with van der Waals surface area (Å²) < 4.78 is 0. The second-order valence-electron chi connectivity index (χ2n) is 9.59. The summed E-state index contributed by atoms with van der Waals surface area (Å²) in [6, 6.07) is 47.7. The number of rotatable bonds is 8. The topological polar surface area (TPSA) is 6.48 Å². The molecule has 0 unspecified atom stereocenters. The fraction of sp³-hybridized carbons (Fsp3) is 0.143. The SMILES string of the molecule is CC[C@@H](C)c1ccc(N(c2ccccc2)c2ccc(N(c3ccccc3)c3ccc(C)cc3)cc2)cc1. The summed E-state index contributed by atoms with van der Waals surface area (Å²) >= 11 is 0. The van der Waals surface area contributed by atoms with Crippen LogP contribution in [0.2, 0.25) is 0 Å². The first-order valence-corrected chi connectivity index (χ1v) is 13.1. The molecular formula is C35H34N2. The van der Waals surface area contributed by atoms with E-state index in [0.717, 1.165) is 40.5 Å². The molecule has 184 valence electrons. The number of nitrogens with zero attached hydrogens (tertiary/aromatic N) is 2. The molecule has 37 heavy (non-hydrogen) atoms. The molecule has 0 saturated heterocycles. The van der Waals surface area contributed by atoms with Crippen LogP contribution in [0.4, 0.5) is 34.1 Å². The standard InChI is InChI=1S/C35H34N2/c1-4-28(3)29-17-21-33(22-18-29)37(31-13-9-6-10-14-31)35-25-23-34(24-26-35)36(30-11-7-5-8-12-30)32-19-15-27(2)16-20-32/h5-26,28H,4H2,1-3H3/t28-/m1/s1. The highest BCUT2D eigenvalue weighted by molar-refractivity contribution is 5.81. The first-order valence-electron chi connectivity index (χ1n) is 13.1. The van der Waals surface area contributed by atoms with E-state index in [-0.39, 0.29) is 0 Å². The highest BCUT2D eigenvalue weighted by Crippen LogP contribution is 2.39. The Balaban J connectivity index is 1.54. The molecule has 0 fully saturated rings. The maximum atomic E-state index is 2.32. The van der Waals surface area contributed by atoms with Crippen LogP contribution in [0.15, 0.2) is 133 Å². The lowest BCUT2D eigenvalue weighted by Gasteiger charge is -2.28. The predicted molar refractivity (Wildman–Crippen MR) is 159 cm³/mol. The molecule has 0 amide bonds. The van der Waals surface area contributed by atoms with Crippen molar-refractivity contribution in [3.8, 4) is 0 Å². The Morgan fingerprint density at radius 2 is 0.784 bits per heavy atom. The Bertz CT molecular complexity index is 1390. The van der Waals surface area contributed by atoms with E-state index in [2.05, 4.69) is 164 Å². The highest BCUT2D eigenvalue weighted by Gasteiger charge is 2.16. The van der Waals surface area contributed by atoms with Gasteiger partial charge in [-0.1, -0.05) is 80.1 Å². The van der Waals surface area contributed by atoms with E-state index in [1.54, 1.807) is 0 Å². The van der Waals surface area contributed by atoms with E-state index in [4.69, 9.17) is 0 Å². The summed E-state index contributed by atoms with van der Waals surface area (Å²) in [6.07, 6.45) is 1.14. The van der Waals surface area contributed by atoms with Crippen LogP contribution in [0.25, 0.3) is 0 Å². The third kappa shape index (κ3) is 5.44. The van der Waals surface area contributed by atoms with Crippen LogP contribution in [0.1, 0.15) is 37.3 Å². The van der Waals surface area contributed by atoms with E-state index in [9.17, 15) is 0 Å². The Labute approximate surface area is 221 Å². The van der Waals surface area contributed by atoms with Gasteiger partial charge >= 0.3 is 0 Å². The lowest BCUT2D eigenvalue weighted by atomic mass is 9.98. The average molecular weight is 483 g/mol. The minimum Gasteiger partial charge on any atom is -0.311 e. The summed E-state index contributed by atoms with van der Waals surface area (Å²) in [5.74, 6) is 0.559. The van der Waals surface area contributed by atoms with E-state index in [1.807, 2.05) is 0 Å². The number of hydrogen-bond acceptors (Lipinski definition) is 2. The number of hydrogen-bond donors (Lipinski definition) is 0. The maximum Gasteiger partial charge on any atom is 0.0463 e. The lowest BCUT2D eigenvalue weighted by Crippen LogP contribution is -2.12. The molecule has 0 aliphatic rings. The quantitative estimate of drug-likeness (QED) is 0.217. The molecule has 0 spiro atoms. The molecule has 0 N–H and O–H groups in total. The molecule has 2 nitrogen and oxygen atoms in total. The average Bonchev–Trinajstić information content (AvgIpc) is 2.96. The Morgan fingerprint density at radius 1 is 0.459 bits per heavy atom. The Morgan fingerprint density at radius 3 is 1.16 bits per heavy atom. The molecule has 2 heteroatoms. The van der Waals surface area contributed by atoms with Crippen LogP contribution in [0.3, 0.4) is 0 Å². The largest absolute Gasteiger partial charge is 0.311 e. The van der Waals surface area contributed by atoms with Crippen molar-refractivity contribution in [2.24, 2.45) is 0 Å². The van der Waals surface area contributed by atoms with Gasteiger partial charge in [0.2, 0.25) is 0 Å². The van der Waals surface area contributed by atoms with Gasteiger partial charge in [0.25, 0.3) is 0 Å². The Hall–Kier alpha value is -4.30. The molecule has 0 bridgehead atoms. The van der Waals surface area contributed by atoms with Crippen LogP contribution in [0.5, 0.6) is 0 Å². The van der Waals surface area contributed by atoms with Crippen molar-refractivity contribution in [3.63, 3.8) is 0 Å². The monoisotopic (exact) mass is 482 g/mol. The molecule has 5 rings (SSSR count). The van der Waals surface area contributed by atoms with Crippen LogP contribution in [-0.2, 0) is 0 Å². The van der Waals surface area contributed by atoms with Crippen molar-refractivity contribution in [1.29, 1.82) is 0 Å². The molecule has 0 aliphatic heterocycles. The minimum atomic E-state index is 0.559. The first kappa shape index (κ1) is 24.4. The Kier molecular flexibility index (Phi) is 7.37. The van der Waals surface area contributed by atoms with Crippen LogP contribution < -0.4 is 9.80 Å². The molecule has 0 aromatic heterocycles. The molecule has 0 radical (unpaired) electrons. The van der Waals surface area contributed by atoms with E-state index in [0.29, 0.717) is 5.92 Å². The van der Waals surface area contributed by atoms with Gasteiger partial charge in [-0.25, -0.2) is 0 Å². The second-order valence-corrected chi connectivity index (χ2v) is 9.59. The van der Waals surface area contributed by atoms with Gasteiger partial charge in [-0.2, -0.15) is 0 Å². The van der Waals surface area contributed by atoms with Gasteiger partial charge in [0.1, 0.15) is 0 Å². The van der Waals surface area contributed by atoms with E-state index < -0.39 is 0 Å². The lowest BCUT2D eigenvalue weighted by molar-refractivity contribution is 0.733. The zero-order valence-corrected chi connectivity index (χ0v) is 21.9. The second kappa shape index (κ2) is 11.2. The summed E-state index contributed by atoms with van der Waals surface area (Å²) in [5.41, 5.74) is 9.47. The smallest absolute Gasteiger partial charge is 0.0463 e. The van der Waals surface area contributed by atoms with E-state index in [1.165, 1.54) is 11.1 Å². The van der Waals surface area contributed by atoms with Gasteiger partial charge in [0.05, 0.1) is 0 Å². The van der Waals surface area contributed by atoms with Crippen molar-refractivity contribution in [3.05, 3.63) is 145 Å². The zero-order valence-electron chi connectivity index (χ0n) is 21.9. The van der Waals surface area contributed by atoms with Gasteiger partial charge in [-0.3, -0.25) is 0 Å². The summed E-state index contributed by atoms with van der Waals surface area (Å²) in [4.78, 5) is 4.62. The fourth-order valence-electron chi connectivity index (χ4n) is 4.68. The molecule has 0 aliphatic carbocycles. The van der Waals surface area contributed by atoms with Crippen molar-refractivity contribution in [2.45, 2.75) is 33.1 Å². The minimum absolute atomic E-state index is 0.559. The van der Waals surface area contributed by atoms with Crippen LogP contribution in [0, 0.1) is 6.92 Å². The van der Waals surface area contributed by atoms with Crippen molar-refractivity contribution < 1.29 is 0 Å². The predicted octanol–water partition coefficient (Wildman–Crippen LogP) is 10.4. The molecule has 5 aromatic carbocycles. The number of benzene rings is 5.